The SMILES string of the molecule is COC1=C(Br)C2OC2(CC(N)=O)C=C1Br. The van der Waals surface area contributed by atoms with Crippen LogP contribution in [0.1, 0.15) is 6.42 Å². The number of ether oxygens (including phenoxy) is 2. The summed E-state index contributed by atoms with van der Waals surface area (Å²) in [6.07, 6.45) is 1.85. The zero-order chi connectivity index (χ0) is 11.2. The molecule has 0 aromatic carbocycles. The molecular formula is C9H9Br2NO3. The highest BCUT2D eigenvalue weighted by atomic mass is 79.9. The van der Waals surface area contributed by atoms with E-state index in [1.165, 1.54) is 0 Å². The first-order chi connectivity index (χ1) is 7.00. The molecule has 6 heteroatoms. The van der Waals surface area contributed by atoms with Crippen LogP contribution in [0.15, 0.2) is 20.8 Å². The summed E-state index contributed by atoms with van der Waals surface area (Å²) in [5.74, 6) is 0.313. The fourth-order valence-corrected chi connectivity index (χ4v) is 3.61. The van der Waals surface area contributed by atoms with Crippen molar-refractivity contribution < 1.29 is 14.3 Å². The zero-order valence-corrected chi connectivity index (χ0v) is 11.1. The summed E-state index contributed by atoms with van der Waals surface area (Å²) in [6, 6.07) is 0. The number of fused-ring (bicyclic) bond motifs is 1. The topological polar surface area (TPSA) is 64.8 Å². The first-order valence-corrected chi connectivity index (χ1v) is 5.87. The summed E-state index contributed by atoms with van der Waals surface area (Å²) < 4.78 is 12.3. The predicted molar refractivity (Wildman–Crippen MR) is 61.4 cm³/mol. The van der Waals surface area contributed by atoms with Gasteiger partial charge in [-0.15, -0.1) is 0 Å². The lowest BCUT2D eigenvalue weighted by Gasteiger charge is -2.15. The highest BCUT2D eigenvalue weighted by Crippen LogP contribution is 2.53. The molecule has 0 saturated carbocycles. The highest BCUT2D eigenvalue weighted by Gasteiger charge is 2.60. The minimum Gasteiger partial charge on any atom is -0.495 e. The lowest BCUT2D eigenvalue weighted by molar-refractivity contribution is -0.118. The number of methoxy groups -OCH3 is 1. The van der Waals surface area contributed by atoms with E-state index < -0.39 is 5.60 Å². The average molecular weight is 339 g/mol. The standard InChI is InChI=1S/C9H9Br2NO3/c1-14-7-4(10)2-9(3-5(12)13)8(15-9)6(7)11/h2,8H,3H2,1H3,(H2,12,13). The minimum absolute atomic E-state index is 0.152. The van der Waals surface area contributed by atoms with Crippen LogP contribution < -0.4 is 5.73 Å². The van der Waals surface area contributed by atoms with Gasteiger partial charge in [-0.3, -0.25) is 4.79 Å². The van der Waals surface area contributed by atoms with Crippen LogP contribution >= 0.6 is 31.9 Å². The Hall–Kier alpha value is -0.330. The van der Waals surface area contributed by atoms with Crippen molar-refractivity contribution in [2.75, 3.05) is 7.11 Å². The maximum Gasteiger partial charge on any atom is 0.220 e. The van der Waals surface area contributed by atoms with Gasteiger partial charge in [-0.25, -0.2) is 0 Å². The van der Waals surface area contributed by atoms with Gasteiger partial charge in [0.2, 0.25) is 5.91 Å². The number of carbonyl (C=O) groups excluding carboxylic acids is 1. The van der Waals surface area contributed by atoms with Crippen LogP contribution in [0.3, 0.4) is 0 Å². The molecule has 4 nitrogen and oxygen atoms in total. The van der Waals surface area contributed by atoms with Crippen molar-refractivity contribution in [3.63, 3.8) is 0 Å². The molecule has 2 unspecified atom stereocenters. The Labute approximate surface area is 104 Å². The lowest BCUT2D eigenvalue weighted by Crippen LogP contribution is -2.25. The summed E-state index contributed by atoms with van der Waals surface area (Å²) in [4.78, 5) is 10.9. The molecule has 2 atom stereocenters. The Balaban J connectivity index is 2.29. The van der Waals surface area contributed by atoms with Gasteiger partial charge in [0.05, 0.1) is 22.5 Å². The number of hydrogen-bond acceptors (Lipinski definition) is 3. The van der Waals surface area contributed by atoms with E-state index in [-0.39, 0.29) is 18.4 Å². The van der Waals surface area contributed by atoms with Gasteiger partial charge in [-0.05, 0) is 37.9 Å². The summed E-state index contributed by atoms with van der Waals surface area (Å²) >= 11 is 6.76. The molecule has 1 amide bonds. The number of rotatable bonds is 3. The molecule has 1 aliphatic carbocycles. The van der Waals surface area contributed by atoms with Gasteiger partial charge in [0.1, 0.15) is 17.5 Å². The number of primary amides is 1. The Morgan fingerprint density at radius 3 is 2.93 bits per heavy atom. The van der Waals surface area contributed by atoms with E-state index in [9.17, 15) is 4.79 Å². The van der Waals surface area contributed by atoms with E-state index in [4.69, 9.17) is 15.2 Å². The molecule has 15 heavy (non-hydrogen) atoms. The predicted octanol–water partition coefficient (Wildman–Crippen LogP) is 1.54. The zero-order valence-electron chi connectivity index (χ0n) is 7.92. The molecular weight excluding hydrogens is 330 g/mol. The van der Waals surface area contributed by atoms with E-state index in [2.05, 4.69) is 31.9 Å². The molecule has 0 aromatic heterocycles. The van der Waals surface area contributed by atoms with Crippen molar-refractivity contribution in [3.05, 3.63) is 20.8 Å². The van der Waals surface area contributed by atoms with E-state index in [0.717, 1.165) is 8.96 Å². The van der Waals surface area contributed by atoms with Crippen LogP contribution in [0, 0.1) is 0 Å². The molecule has 0 aromatic rings. The first kappa shape index (κ1) is 11.2. The van der Waals surface area contributed by atoms with Gasteiger partial charge in [0.15, 0.2) is 0 Å². The third-order valence-corrected chi connectivity index (χ3v) is 3.78. The number of amides is 1. The summed E-state index contributed by atoms with van der Waals surface area (Å²) in [6.45, 7) is 0. The van der Waals surface area contributed by atoms with Crippen LogP contribution in [0.2, 0.25) is 0 Å². The normalized spacial score (nSPS) is 33.3. The van der Waals surface area contributed by atoms with Gasteiger partial charge in [0, 0.05) is 0 Å². The van der Waals surface area contributed by atoms with Crippen LogP contribution in [0.5, 0.6) is 0 Å². The average Bonchev–Trinajstić information content (AvgIpc) is 2.78. The Bertz CT molecular complexity index is 391. The van der Waals surface area contributed by atoms with Crippen molar-refractivity contribution >= 4 is 37.8 Å². The molecule has 0 bridgehead atoms. The number of carbonyl (C=O) groups is 1. The van der Waals surface area contributed by atoms with Crippen molar-refractivity contribution in [1.29, 1.82) is 0 Å². The van der Waals surface area contributed by atoms with Gasteiger partial charge in [-0.1, -0.05) is 0 Å². The lowest BCUT2D eigenvalue weighted by atomic mass is 9.96. The summed E-state index contributed by atoms with van der Waals surface area (Å²) in [5, 5.41) is 0. The van der Waals surface area contributed by atoms with Crippen LogP contribution in [-0.2, 0) is 14.3 Å². The van der Waals surface area contributed by atoms with Crippen molar-refractivity contribution in [1.82, 2.24) is 0 Å². The van der Waals surface area contributed by atoms with Crippen molar-refractivity contribution in [2.24, 2.45) is 5.73 Å². The molecule has 1 heterocycles. The number of epoxide rings is 1. The second-order valence-electron chi connectivity index (χ2n) is 3.47. The van der Waals surface area contributed by atoms with Crippen LogP contribution in [0.25, 0.3) is 0 Å². The van der Waals surface area contributed by atoms with Crippen LogP contribution in [0.4, 0.5) is 0 Å². The molecule has 1 saturated heterocycles. The fraction of sp³-hybridized carbons (Fsp3) is 0.444. The molecule has 2 aliphatic rings. The molecule has 0 radical (unpaired) electrons. The Morgan fingerprint density at radius 1 is 1.73 bits per heavy atom. The second-order valence-corrected chi connectivity index (χ2v) is 5.18. The maximum atomic E-state index is 10.9. The van der Waals surface area contributed by atoms with E-state index in [0.29, 0.717) is 5.76 Å². The first-order valence-electron chi connectivity index (χ1n) is 4.28. The number of halogens is 2. The van der Waals surface area contributed by atoms with E-state index >= 15 is 0 Å². The van der Waals surface area contributed by atoms with Gasteiger partial charge in [0.25, 0.3) is 0 Å². The quantitative estimate of drug-likeness (QED) is 0.794. The smallest absolute Gasteiger partial charge is 0.220 e. The Morgan fingerprint density at radius 2 is 2.40 bits per heavy atom. The number of nitrogens with two attached hydrogens (primary N) is 1. The maximum absolute atomic E-state index is 10.9. The van der Waals surface area contributed by atoms with Crippen molar-refractivity contribution in [3.8, 4) is 0 Å². The highest BCUT2D eigenvalue weighted by molar-refractivity contribution is 9.12. The Kier molecular flexibility index (Phi) is 2.68. The number of hydrogen-bond donors (Lipinski definition) is 1. The van der Waals surface area contributed by atoms with Gasteiger partial charge in [-0.2, -0.15) is 0 Å². The molecule has 0 spiro atoms. The fourth-order valence-electron chi connectivity index (χ4n) is 1.73. The number of allylic oxidation sites excluding steroid dienone is 1. The van der Waals surface area contributed by atoms with Crippen LogP contribution in [-0.4, -0.2) is 24.7 Å². The monoisotopic (exact) mass is 337 g/mol. The molecule has 2 N–H and O–H groups in total. The van der Waals surface area contributed by atoms with Gasteiger partial charge >= 0.3 is 0 Å². The molecule has 2 rings (SSSR count). The molecule has 82 valence electrons. The summed E-state index contributed by atoms with van der Waals surface area (Å²) in [7, 11) is 1.58. The third-order valence-electron chi connectivity index (χ3n) is 2.41. The minimum atomic E-state index is -0.578. The second kappa shape index (κ2) is 3.61. The van der Waals surface area contributed by atoms with E-state index in [1.807, 2.05) is 6.08 Å². The molecule has 1 aliphatic heterocycles. The third kappa shape index (κ3) is 1.74. The van der Waals surface area contributed by atoms with Crippen molar-refractivity contribution in [2.45, 2.75) is 18.1 Å². The van der Waals surface area contributed by atoms with Gasteiger partial charge < -0.3 is 15.2 Å². The van der Waals surface area contributed by atoms with E-state index in [1.54, 1.807) is 7.11 Å². The summed E-state index contributed by atoms with van der Waals surface area (Å²) in [5.41, 5.74) is 4.59. The molecule has 1 fully saturated rings. The largest absolute Gasteiger partial charge is 0.495 e.